The van der Waals surface area contributed by atoms with Gasteiger partial charge in [0, 0.05) is 17.2 Å². The average molecular weight is 303 g/mol. The summed E-state index contributed by atoms with van der Waals surface area (Å²) in [6.45, 7) is 0. The Morgan fingerprint density at radius 3 is 2.22 bits per heavy atom. The Balaban J connectivity index is 2.33. The van der Waals surface area contributed by atoms with Crippen molar-refractivity contribution in [1.29, 1.82) is 0 Å². The van der Waals surface area contributed by atoms with Gasteiger partial charge in [-0.05, 0) is 46.5 Å². The van der Waals surface area contributed by atoms with Crippen molar-refractivity contribution >= 4 is 34.5 Å². The number of hydrogen-bond acceptors (Lipinski definition) is 1. The van der Waals surface area contributed by atoms with Crippen LogP contribution in [0.1, 0.15) is 11.1 Å². The molecule has 0 atom stereocenters. The molecule has 0 amide bonds. The standard InChI is InChI=1S/C14H13Cl2FS/c15-9-14(10-16,7-11-5-6-18-8-11)12-1-3-13(17)4-2-12/h1-6,8H,7,9-10H2. The predicted molar refractivity (Wildman–Crippen MR) is 77.5 cm³/mol. The van der Waals surface area contributed by atoms with E-state index in [1.807, 2.05) is 5.38 Å². The van der Waals surface area contributed by atoms with E-state index in [9.17, 15) is 4.39 Å². The van der Waals surface area contributed by atoms with E-state index in [2.05, 4.69) is 11.4 Å². The lowest BCUT2D eigenvalue weighted by Crippen LogP contribution is -2.33. The fraction of sp³-hybridized carbons (Fsp3) is 0.286. The zero-order chi connectivity index (χ0) is 13.0. The molecule has 1 aromatic carbocycles. The van der Waals surface area contributed by atoms with Crippen LogP contribution in [0.3, 0.4) is 0 Å². The van der Waals surface area contributed by atoms with Gasteiger partial charge in [0.15, 0.2) is 0 Å². The maximum Gasteiger partial charge on any atom is 0.123 e. The van der Waals surface area contributed by atoms with Crippen molar-refractivity contribution in [3.8, 4) is 0 Å². The fourth-order valence-electron chi connectivity index (χ4n) is 1.97. The number of hydrogen-bond donors (Lipinski definition) is 0. The van der Waals surface area contributed by atoms with Crippen LogP contribution in [-0.2, 0) is 11.8 Å². The van der Waals surface area contributed by atoms with Crippen molar-refractivity contribution in [1.82, 2.24) is 0 Å². The summed E-state index contributed by atoms with van der Waals surface area (Å²) < 4.78 is 13.0. The molecule has 0 aliphatic rings. The molecular weight excluding hydrogens is 290 g/mol. The summed E-state index contributed by atoms with van der Waals surface area (Å²) in [5, 5.41) is 4.13. The largest absolute Gasteiger partial charge is 0.207 e. The molecular formula is C14H13Cl2FS. The third-order valence-corrected chi connectivity index (χ3v) is 4.85. The normalized spacial score (nSPS) is 11.7. The zero-order valence-electron chi connectivity index (χ0n) is 9.70. The van der Waals surface area contributed by atoms with Crippen LogP contribution >= 0.6 is 34.5 Å². The summed E-state index contributed by atoms with van der Waals surface area (Å²) in [5.74, 6) is 0.586. The van der Waals surface area contributed by atoms with Crippen LogP contribution in [0.5, 0.6) is 0 Å². The van der Waals surface area contributed by atoms with Crippen molar-refractivity contribution in [2.45, 2.75) is 11.8 Å². The topological polar surface area (TPSA) is 0 Å². The molecule has 0 spiro atoms. The van der Waals surface area contributed by atoms with Crippen LogP contribution in [0.15, 0.2) is 41.1 Å². The van der Waals surface area contributed by atoms with Crippen molar-refractivity contribution in [3.63, 3.8) is 0 Å². The summed E-state index contributed by atoms with van der Waals surface area (Å²) >= 11 is 13.9. The Kier molecular flexibility index (Phi) is 4.66. The minimum Gasteiger partial charge on any atom is -0.207 e. The summed E-state index contributed by atoms with van der Waals surface area (Å²) in [6.07, 6.45) is 0.773. The molecule has 0 saturated heterocycles. The Bertz CT molecular complexity index is 475. The van der Waals surface area contributed by atoms with E-state index in [0.29, 0.717) is 11.8 Å². The van der Waals surface area contributed by atoms with Crippen LogP contribution in [0, 0.1) is 5.82 Å². The molecule has 2 aromatic rings. The van der Waals surface area contributed by atoms with E-state index in [0.717, 1.165) is 12.0 Å². The highest BCUT2D eigenvalue weighted by Gasteiger charge is 2.31. The monoisotopic (exact) mass is 302 g/mol. The fourth-order valence-corrected chi connectivity index (χ4v) is 3.43. The van der Waals surface area contributed by atoms with Crippen LogP contribution in [-0.4, -0.2) is 11.8 Å². The van der Waals surface area contributed by atoms with E-state index in [4.69, 9.17) is 23.2 Å². The van der Waals surface area contributed by atoms with E-state index in [1.54, 1.807) is 23.5 Å². The highest BCUT2D eigenvalue weighted by molar-refractivity contribution is 7.07. The molecule has 0 bridgehead atoms. The van der Waals surface area contributed by atoms with Crippen molar-refractivity contribution < 1.29 is 4.39 Å². The number of thiophene rings is 1. The molecule has 96 valence electrons. The Hall–Kier alpha value is -0.570. The summed E-state index contributed by atoms with van der Waals surface area (Å²) in [4.78, 5) is 0. The summed E-state index contributed by atoms with van der Waals surface area (Å²) in [7, 11) is 0. The first-order valence-corrected chi connectivity index (χ1v) is 7.60. The van der Waals surface area contributed by atoms with Crippen LogP contribution in [0.2, 0.25) is 0 Å². The number of alkyl halides is 2. The Morgan fingerprint density at radius 2 is 1.72 bits per heavy atom. The molecule has 2 rings (SSSR count). The molecule has 0 fully saturated rings. The van der Waals surface area contributed by atoms with Gasteiger partial charge in [-0.15, -0.1) is 23.2 Å². The van der Waals surface area contributed by atoms with Gasteiger partial charge in [-0.2, -0.15) is 11.3 Å². The third kappa shape index (κ3) is 2.87. The van der Waals surface area contributed by atoms with Crippen molar-refractivity contribution in [2.75, 3.05) is 11.8 Å². The molecule has 0 radical (unpaired) electrons. The van der Waals surface area contributed by atoms with Crippen LogP contribution in [0.4, 0.5) is 4.39 Å². The first kappa shape index (κ1) is 13.9. The highest BCUT2D eigenvalue weighted by atomic mass is 35.5. The lowest BCUT2D eigenvalue weighted by atomic mass is 9.79. The van der Waals surface area contributed by atoms with Crippen molar-refractivity contribution in [3.05, 3.63) is 58.0 Å². The minimum atomic E-state index is -0.335. The molecule has 0 aliphatic carbocycles. The summed E-state index contributed by atoms with van der Waals surface area (Å²) in [6, 6.07) is 8.52. The zero-order valence-corrected chi connectivity index (χ0v) is 12.0. The van der Waals surface area contributed by atoms with E-state index in [1.165, 1.54) is 17.7 Å². The molecule has 0 saturated carbocycles. The molecule has 18 heavy (non-hydrogen) atoms. The maximum atomic E-state index is 13.0. The highest BCUT2D eigenvalue weighted by Crippen LogP contribution is 2.32. The molecule has 1 aromatic heterocycles. The van der Waals surface area contributed by atoms with Gasteiger partial charge >= 0.3 is 0 Å². The van der Waals surface area contributed by atoms with Gasteiger partial charge < -0.3 is 0 Å². The summed E-state index contributed by atoms with van der Waals surface area (Å²) in [5.41, 5.74) is 1.86. The second kappa shape index (κ2) is 6.05. The van der Waals surface area contributed by atoms with Gasteiger partial charge in [0.2, 0.25) is 0 Å². The lowest BCUT2D eigenvalue weighted by molar-refractivity contribution is 0.534. The third-order valence-electron chi connectivity index (χ3n) is 3.09. The van der Waals surface area contributed by atoms with E-state index < -0.39 is 0 Å². The van der Waals surface area contributed by atoms with Gasteiger partial charge in [-0.3, -0.25) is 0 Å². The van der Waals surface area contributed by atoms with Gasteiger partial charge in [0.05, 0.1) is 0 Å². The average Bonchev–Trinajstić information content (AvgIpc) is 2.90. The van der Waals surface area contributed by atoms with E-state index >= 15 is 0 Å². The molecule has 0 N–H and O–H groups in total. The first-order chi connectivity index (χ1) is 8.70. The van der Waals surface area contributed by atoms with Gasteiger partial charge in [-0.1, -0.05) is 12.1 Å². The van der Waals surface area contributed by atoms with Crippen molar-refractivity contribution in [2.24, 2.45) is 0 Å². The molecule has 0 nitrogen and oxygen atoms in total. The van der Waals surface area contributed by atoms with Gasteiger partial charge in [-0.25, -0.2) is 4.39 Å². The van der Waals surface area contributed by atoms with Gasteiger partial charge in [0.1, 0.15) is 5.82 Å². The molecule has 0 unspecified atom stereocenters. The van der Waals surface area contributed by atoms with Crippen LogP contribution in [0.25, 0.3) is 0 Å². The quantitative estimate of drug-likeness (QED) is 0.693. The first-order valence-electron chi connectivity index (χ1n) is 5.59. The Morgan fingerprint density at radius 1 is 1.06 bits per heavy atom. The number of halogens is 3. The Labute approximate surface area is 120 Å². The number of rotatable bonds is 5. The molecule has 0 aliphatic heterocycles. The number of benzene rings is 1. The smallest absolute Gasteiger partial charge is 0.123 e. The second-order valence-corrected chi connectivity index (χ2v) is 5.68. The SMILES string of the molecule is Fc1ccc(C(CCl)(CCl)Cc2ccsc2)cc1. The van der Waals surface area contributed by atoms with Gasteiger partial charge in [0.25, 0.3) is 0 Å². The molecule has 1 heterocycles. The predicted octanol–water partition coefficient (Wildman–Crippen LogP) is 4.85. The second-order valence-electron chi connectivity index (χ2n) is 4.36. The minimum absolute atomic E-state index is 0.243. The van der Waals surface area contributed by atoms with E-state index in [-0.39, 0.29) is 11.2 Å². The molecule has 4 heteroatoms. The maximum absolute atomic E-state index is 13.0. The van der Waals surface area contributed by atoms with Crippen LogP contribution < -0.4 is 0 Å². The lowest BCUT2D eigenvalue weighted by Gasteiger charge is -2.30.